The third-order valence-electron chi connectivity index (χ3n) is 5.77. The fourth-order valence-electron chi connectivity index (χ4n) is 3.92. The van der Waals surface area contributed by atoms with Crippen molar-refractivity contribution in [2.45, 2.75) is 26.3 Å². The van der Waals surface area contributed by atoms with Gasteiger partial charge in [-0.25, -0.2) is 9.78 Å². The molecule has 2 aliphatic heterocycles. The molecular formula is C25H31N3O6. The Morgan fingerprint density at radius 3 is 2.53 bits per heavy atom. The van der Waals surface area contributed by atoms with Crippen LogP contribution in [-0.2, 0) is 14.3 Å². The van der Waals surface area contributed by atoms with E-state index in [1.54, 1.807) is 12.1 Å². The summed E-state index contributed by atoms with van der Waals surface area (Å²) in [6, 6.07) is 8.86. The van der Waals surface area contributed by atoms with Crippen molar-refractivity contribution in [1.82, 2.24) is 10.3 Å². The largest absolute Gasteiger partial charge is 0.490 e. The molecule has 1 saturated heterocycles. The molecule has 34 heavy (non-hydrogen) atoms. The molecule has 4 rings (SSSR count). The Hall–Kier alpha value is -3.33. The summed E-state index contributed by atoms with van der Waals surface area (Å²) in [5.41, 5.74) is 1.20. The van der Waals surface area contributed by atoms with Crippen LogP contribution in [0.1, 0.15) is 42.2 Å². The maximum atomic E-state index is 12.6. The standard InChI is InChI=1S/C25H31N3O6/c1-17(2)24(18-4-6-20-21(14-18)33-11-3-10-32-20)27-23(29)16-34-25(30)19-5-7-22(26-15-19)28-8-12-31-13-9-28/h4-7,14-15,17,24H,3,8-13,16H2,1-2H3,(H,27,29). The number of nitrogens with one attached hydrogen (secondary N) is 1. The van der Waals surface area contributed by atoms with Gasteiger partial charge in [0.2, 0.25) is 0 Å². The lowest BCUT2D eigenvalue weighted by Crippen LogP contribution is -2.36. The summed E-state index contributed by atoms with van der Waals surface area (Å²) in [7, 11) is 0. The number of nitrogens with zero attached hydrogens (tertiary/aromatic N) is 2. The minimum Gasteiger partial charge on any atom is -0.490 e. The van der Waals surface area contributed by atoms with Crippen LogP contribution in [-0.4, -0.2) is 63.0 Å². The zero-order chi connectivity index (χ0) is 23.9. The Morgan fingerprint density at radius 1 is 1.06 bits per heavy atom. The van der Waals surface area contributed by atoms with Gasteiger partial charge in [-0.15, -0.1) is 0 Å². The zero-order valence-corrected chi connectivity index (χ0v) is 19.6. The predicted octanol–water partition coefficient (Wildman–Crippen LogP) is 2.75. The number of esters is 1. The van der Waals surface area contributed by atoms with Gasteiger partial charge in [-0.3, -0.25) is 4.79 Å². The lowest BCUT2D eigenvalue weighted by molar-refractivity contribution is -0.125. The first kappa shape index (κ1) is 23.8. The molecule has 0 bridgehead atoms. The second-order valence-electron chi connectivity index (χ2n) is 8.63. The van der Waals surface area contributed by atoms with E-state index in [2.05, 4.69) is 15.2 Å². The number of fused-ring (bicyclic) bond motifs is 1. The molecule has 1 N–H and O–H groups in total. The van der Waals surface area contributed by atoms with Gasteiger partial charge in [0.15, 0.2) is 18.1 Å². The maximum absolute atomic E-state index is 12.6. The van der Waals surface area contributed by atoms with Crippen LogP contribution in [0.2, 0.25) is 0 Å². The molecule has 9 nitrogen and oxygen atoms in total. The van der Waals surface area contributed by atoms with E-state index in [1.807, 2.05) is 32.0 Å². The summed E-state index contributed by atoms with van der Waals surface area (Å²) < 4.78 is 22.0. The average Bonchev–Trinajstić information content (AvgIpc) is 3.11. The highest BCUT2D eigenvalue weighted by Crippen LogP contribution is 2.34. The number of hydrogen-bond donors (Lipinski definition) is 1. The van der Waals surface area contributed by atoms with Gasteiger partial charge in [-0.2, -0.15) is 0 Å². The third-order valence-corrected chi connectivity index (χ3v) is 5.77. The van der Waals surface area contributed by atoms with Crippen molar-refractivity contribution in [2.75, 3.05) is 51.0 Å². The summed E-state index contributed by atoms with van der Waals surface area (Å²) in [5, 5.41) is 2.97. The van der Waals surface area contributed by atoms with Gasteiger partial charge in [0.1, 0.15) is 5.82 Å². The first-order valence-electron chi connectivity index (χ1n) is 11.7. The molecule has 182 valence electrons. The highest BCUT2D eigenvalue weighted by Gasteiger charge is 2.22. The molecule has 2 aromatic rings. The Labute approximate surface area is 199 Å². The van der Waals surface area contributed by atoms with Gasteiger partial charge >= 0.3 is 5.97 Å². The number of carbonyl (C=O) groups excluding carboxylic acids is 2. The smallest absolute Gasteiger partial charge is 0.340 e. The summed E-state index contributed by atoms with van der Waals surface area (Å²) in [4.78, 5) is 31.5. The zero-order valence-electron chi connectivity index (χ0n) is 19.6. The van der Waals surface area contributed by atoms with Crippen molar-refractivity contribution < 1.29 is 28.5 Å². The van der Waals surface area contributed by atoms with Crippen molar-refractivity contribution in [1.29, 1.82) is 0 Å². The number of carbonyl (C=O) groups is 2. The normalized spacial score (nSPS) is 16.5. The first-order valence-corrected chi connectivity index (χ1v) is 11.7. The van der Waals surface area contributed by atoms with Crippen LogP contribution < -0.4 is 19.7 Å². The van der Waals surface area contributed by atoms with Gasteiger partial charge in [-0.05, 0) is 35.7 Å². The molecular weight excluding hydrogens is 438 g/mol. The highest BCUT2D eigenvalue weighted by molar-refractivity contribution is 5.91. The van der Waals surface area contributed by atoms with E-state index in [0.29, 0.717) is 43.5 Å². The molecule has 1 amide bonds. The fourth-order valence-corrected chi connectivity index (χ4v) is 3.92. The maximum Gasteiger partial charge on any atom is 0.340 e. The number of aromatic nitrogens is 1. The number of ether oxygens (including phenoxy) is 4. The monoisotopic (exact) mass is 469 g/mol. The predicted molar refractivity (Wildman–Crippen MR) is 125 cm³/mol. The number of pyridine rings is 1. The molecule has 0 saturated carbocycles. The van der Waals surface area contributed by atoms with E-state index in [0.717, 1.165) is 30.9 Å². The Bertz CT molecular complexity index is 989. The van der Waals surface area contributed by atoms with E-state index in [-0.39, 0.29) is 24.5 Å². The minimum atomic E-state index is -0.590. The molecule has 1 fully saturated rings. The molecule has 1 unspecified atom stereocenters. The van der Waals surface area contributed by atoms with E-state index in [1.165, 1.54) is 6.20 Å². The van der Waals surface area contributed by atoms with Gasteiger partial charge in [0.25, 0.3) is 5.91 Å². The summed E-state index contributed by atoms with van der Waals surface area (Å²) in [6.45, 7) is 7.70. The number of morpholine rings is 1. The molecule has 1 atom stereocenters. The molecule has 0 radical (unpaired) electrons. The fraction of sp³-hybridized carbons (Fsp3) is 0.480. The molecule has 2 aliphatic rings. The third kappa shape index (κ3) is 5.96. The Balaban J connectivity index is 1.33. The number of hydrogen-bond acceptors (Lipinski definition) is 8. The average molecular weight is 470 g/mol. The van der Waals surface area contributed by atoms with Crippen LogP contribution in [0.3, 0.4) is 0 Å². The van der Waals surface area contributed by atoms with Crippen molar-refractivity contribution in [2.24, 2.45) is 5.92 Å². The molecule has 0 spiro atoms. The van der Waals surface area contributed by atoms with Crippen molar-refractivity contribution in [3.8, 4) is 11.5 Å². The van der Waals surface area contributed by atoms with Crippen molar-refractivity contribution in [3.63, 3.8) is 0 Å². The van der Waals surface area contributed by atoms with Crippen molar-refractivity contribution in [3.05, 3.63) is 47.7 Å². The van der Waals surface area contributed by atoms with Crippen LogP contribution in [0.4, 0.5) is 5.82 Å². The van der Waals surface area contributed by atoms with Crippen LogP contribution >= 0.6 is 0 Å². The topological polar surface area (TPSA) is 99.2 Å². The van der Waals surface area contributed by atoms with Crippen LogP contribution in [0.15, 0.2) is 36.5 Å². The van der Waals surface area contributed by atoms with E-state index >= 15 is 0 Å². The van der Waals surface area contributed by atoms with Crippen LogP contribution in [0.5, 0.6) is 11.5 Å². The van der Waals surface area contributed by atoms with Gasteiger partial charge in [0.05, 0.1) is 38.0 Å². The lowest BCUT2D eigenvalue weighted by Gasteiger charge is -2.27. The second kappa shape index (κ2) is 11.2. The number of benzene rings is 1. The highest BCUT2D eigenvalue weighted by atomic mass is 16.5. The van der Waals surface area contributed by atoms with E-state index < -0.39 is 5.97 Å². The molecule has 3 heterocycles. The quantitative estimate of drug-likeness (QED) is 0.618. The first-order chi connectivity index (χ1) is 16.5. The van der Waals surface area contributed by atoms with Crippen molar-refractivity contribution >= 4 is 17.7 Å². The minimum absolute atomic E-state index is 0.112. The number of anilines is 1. The van der Waals surface area contributed by atoms with E-state index in [4.69, 9.17) is 18.9 Å². The summed E-state index contributed by atoms with van der Waals surface area (Å²) in [5.74, 6) is 1.31. The van der Waals surface area contributed by atoms with Crippen LogP contribution in [0, 0.1) is 5.92 Å². The van der Waals surface area contributed by atoms with Gasteiger partial charge < -0.3 is 29.2 Å². The molecule has 1 aromatic heterocycles. The molecule has 1 aromatic carbocycles. The lowest BCUT2D eigenvalue weighted by atomic mass is 9.95. The molecule has 9 heteroatoms. The van der Waals surface area contributed by atoms with Gasteiger partial charge in [0, 0.05) is 25.7 Å². The number of amides is 1. The summed E-state index contributed by atoms with van der Waals surface area (Å²) >= 11 is 0. The van der Waals surface area contributed by atoms with E-state index in [9.17, 15) is 9.59 Å². The number of rotatable bonds is 7. The Kier molecular flexibility index (Phi) is 7.84. The second-order valence-corrected chi connectivity index (χ2v) is 8.63. The SMILES string of the molecule is CC(C)C(NC(=O)COC(=O)c1ccc(N2CCOCC2)nc1)c1ccc2c(c1)OCCCO2. The van der Waals surface area contributed by atoms with Crippen LogP contribution in [0.25, 0.3) is 0 Å². The van der Waals surface area contributed by atoms with Gasteiger partial charge in [-0.1, -0.05) is 19.9 Å². The Morgan fingerprint density at radius 2 is 1.82 bits per heavy atom. The summed E-state index contributed by atoms with van der Waals surface area (Å²) in [6.07, 6.45) is 2.30. The molecule has 0 aliphatic carbocycles.